The van der Waals surface area contributed by atoms with Crippen molar-refractivity contribution in [3.8, 4) is 0 Å². The van der Waals surface area contributed by atoms with Gasteiger partial charge in [-0.2, -0.15) is 0 Å². The SMILES string of the molecule is CC/C=C\C/C=C\C/C=C\C/C=C\C/C=C\C/C=C\C/C=C\C/C=C\CCCCCCCCCCC(=O)OC(COC(=O)CCCCCCCCCCCCCCCCC/C=C\C/C=C\C/C=C\C/C=C\C/C=C\C/C=C\C/C=C\CC)COP(=O)(O)OCCN. The van der Waals surface area contributed by atoms with Gasteiger partial charge in [0, 0.05) is 19.4 Å². The molecule has 0 aliphatic rings. The summed E-state index contributed by atoms with van der Waals surface area (Å²) in [7, 11) is -4.41. The smallest absolute Gasteiger partial charge is 0.462 e. The molecule has 0 aromatic rings. The van der Waals surface area contributed by atoms with Crippen LogP contribution in [0.15, 0.2) is 182 Å². The van der Waals surface area contributed by atoms with E-state index in [1.54, 1.807) is 0 Å². The van der Waals surface area contributed by atoms with Crippen molar-refractivity contribution in [3.05, 3.63) is 182 Å². The summed E-state index contributed by atoms with van der Waals surface area (Å²) in [5.74, 6) is -0.843. The third-order valence-electron chi connectivity index (χ3n) is 14.8. The number of ether oxygens (including phenoxy) is 2. The second kappa shape index (κ2) is 74.2. The zero-order valence-electron chi connectivity index (χ0n) is 57.8. The lowest BCUT2D eigenvalue weighted by atomic mass is 10.0. The van der Waals surface area contributed by atoms with E-state index < -0.39 is 26.5 Å². The van der Waals surface area contributed by atoms with E-state index >= 15 is 0 Å². The molecular weight excluding hydrogens is 1150 g/mol. The molecule has 0 amide bonds. The van der Waals surface area contributed by atoms with Crippen LogP contribution in [0.4, 0.5) is 0 Å². The lowest BCUT2D eigenvalue weighted by Gasteiger charge is -2.19. The van der Waals surface area contributed by atoms with Crippen molar-refractivity contribution in [1.29, 1.82) is 0 Å². The van der Waals surface area contributed by atoms with Crippen LogP contribution < -0.4 is 5.73 Å². The number of phosphoric ester groups is 1. The van der Waals surface area contributed by atoms with Gasteiger partial charge in [0.2, 0.25) is 0 Å². The highest BCUT2D eigenvalue weighted by molar-refractivity contribution is 7.47. The zero-order valence-corrected chi connectivity index (χ0v) is 58.6. The van der Waals surface area contributed by atoms with E-state index in [0.29, 0.717) is 6.42 Å². The van der Waals surface area contributed by atoms with Crippen molar-refractivity contribution >= 4 is 19.8 Å². The van der Waals surface area contributed by atoms with E-state index in [1.807, 2.05) is 0 Å². The second-order valence-corrected chi connectivity index (χ2v) is 24.8. The van der Waals surface area contributed by atoms with Gasteiger partial charge in [0.25, 0.3) is 0 Å². The average molecular weight is 1280 g/mol. The molecule has 0 aliphatic heterocycles. The molecule has 2 unspecified atom stereocenters. The summed E-state index contributed by atoms with van der Waals surface area (Å²) in [6, 6.07) is 0. The summed E-state index contributed by atoms with van der Waals surface area (Å²) in [6.07, 6.45) is 111. The Kier molecular flexibility index (Phi) is 70.2. The first-order chi connectivity index (χ1) is 44.8. The van der Waals surface area contributed by atoms with Crippen LogP contribution in [-0.4, -0.2) is 49.3 Å². The van der Waals surface area contributed by atoms with Crippen LogP contribution in [0, 0.1) is 0 Å². The molecule has 10 heteroatoms. The first kappa shape index (κ1) is 86.1. The predicted molar refractivity (Wildman–Crippen MR) is 394 cm³/mol. The number of hydrogen-bond acceptors (Lipinski definition) is 8. The molecule has 0 bridgehead atoms. The molecule has 0 aliphatic carbocycles. The number of nitrogens with two attached hydrogens (primary N) is 1. The molecule has 0 saturated heterocycles. The topological polar surface area (TPSA) is 134 Å². The third-order valence-corrected chi connectivity index (χ3v) is 15.8. The normalized spacial score (nSPS) is 14.0. The molecule has 0 fully saturated rings. The van der Waals surface area contributed by atoms with Gasteiger partial charge in [0.1, 0.15) is 6.61 Å². The van der Waals surface area contributed by atoms with Crippen LogP contribution in [0.5, 0.6) is 0 Å². The van der Waals surface area contributed by atoms with Crippen molar-refractivity contribution in [2.24, 2.45) is 5.73 Å². The molecule has 9 nitrogen and oxygen atoms in total. The van der Waals surface area contributed by atoms with Gasteiger partial charge in [-0.15, -0.1) is 0 Å². The van der Waals surface area contributed by atoms with E-state index in [2.05, 4.69) is 196 Å². The minimum atomic E-state index is -4.41. The highest BCUT2D eigenvalue weighted by Crippen LogP contribution is 2.43. The van der Waals surface area contributed by atoms with Crippen LogP contribution in [0.25, 0.3) is 0 Å². The van der Waals surface area contributed by atoms with Gasteiger partial charge in [-0.05, 0) is 135 Å². The Bertz CT molecular complexity index is 2150. The number of phosphoric acid groups is 1. The molecule has 3 N–H and O–H groups in total. The molecule has 0 radical (unpaired) electrons. The number of allylic oxidation sites excluding steroid dienone is 30. The van der Waals surface area contributed by atoms with Crippen molar-refractivity contribution in [2.75, 3.05) is 26.4 Å². The summed E-state index contributed by atoms with van der Waals surface area (Å²) in [4.78, 5) is 35.4. The van der Waals surface area contributed by atoms with Crippen LogP contribution in [-0.2, 0) is 32.7 Å². The number of rotatable bonds is 66. The number of carbonyl (C=O) groups excluding carboxylic acids is 2. The zero-order chi connectivity index (χ0) is 65.8. The number of esters is 2. The number of unbranched alkanes of at least 4 members (excludes halogenated alkanes) is 23. The van der Waals surface area contributed by atoms with Crippen molar-refractivity contribution in [1.82, 2.24) is 0 Å². The highest BCUT2D eigenvalue weighted by atomic mass is 31.2. The van der Waals surface area contributed by atoms with Crippen LogP contribution in [0.3, 0.4) is 0 Å². The summed E-state index contributed by atoms with van der Waals surface area (Å²) < 4.78 is 33.2. The fraction of sp³-hybridized carbons (Fsp3) is 0.605. The van der Waals surface area contributed by atoms with Gasteiger partial charge in [-0.1, -0.05) is 318 Å². The Hall–Kier alpha value is -4.89. The maximum Gasteiger partial charge on any atom is 0.472 e. The quantitative estimate of drug-likeness (QED) is 0.0264. The summed E-state index contributed by atoms with van der Waals surface area (Å²) in [5.41, 5.74) is 5.40. The molecule has 0 aromatic carbocycles. The molecule has 0 spiro atoms. The summed E-state index contributed by atoms with van der Waals surface area (Å²) in [6.45, 7) is 3.50. The molecule has 0 rings (SSSR count). The van der Waals surface area contributed by atoms with Crippen LogP contribution >= 0.6 is 7.82 Å². The van der Waals surface area contributed by atoms with E-state index in [9.17, 15) is 19.0 Å². The molecule has 2 atom stereocenters. The monoisotopic (exact) mass is 1280 g/mol. The van der Waals surface area contributed by atoms with E-state index in [4.69, 9.17) is 24.3 Å². The fourth-order valence-electron chi connectivity index (χ4n) is 9.52. The minimum Gasteiger partial charge on any atom is -0.462 e. The van der Waals surface area contributed by atoms with E-state index in [0.717, 1.165) is 141 Å². The Morgan fingerprint density at radius 1 is 0.330 bits per heavy atom. The maximum absolute atomic E-state index is 12.8. The van der Waals surface area contributed by atoms with Crippen LogP contribution in [0.1, 0.15) is 284 Å². The molecule has 0 heterocycles. The molecule has 514 valence electrons. The molecule has 0 saturated carbocycles. The van der Waals surface area contributed by atoms with E-state index in [1.165, 1.54) is 109 Å². The first-order valence-corrected chi connectivity index (χ1v) is 37.8. The molecule has 91 heavy (non-hydrogen) atoms. The minimum absolute atomic E-state index is 0.0438. The largest absolute Gasteiger partial charge is 0.472 e. The Balaban J connectivity index is 3.95. The second-order valence-electron chi connectivity index (χ2n) is 23.3. The Labute approximate surface area is 558 Å². The lowest BCUT2D eigenvalue weighted by molar-refractivity contribution is -0.161. The maximum atomic E-state index is 12.8. The van der Waals surface area contributed by atoms with Crippen molar-refractivity contribution < 1.29 is 37.6 Å². The standard InChI is InChI=1S/C81H132NO8P/c1-3-5-7-9-11-13-15-17-19-21-23-25-27-29-31-33-35-37-38-39-40-42-43-45-47-49-51-53-55-57-59-61-63-65-67-69-71-73-80(83)87-77-79(78-89-91(85,86)88-76-75-82)90-81(84)74-72-70-68-66-64-62-60-58-56-54-52-50-48-46-44-41-36-34-32-30-28-26-24-22-20-18-16-14-12-10-8-6-4-2/h5-8,11-14,17-20,23-26,29-32,35-37,39-41,46,48,52,54,79H,3-4,9-10,15-16,21-22,27-28,33-34,38,42-45,47,49-51,53,55-78,82H2,1-2H3,(H,85,86)/b7-5-,8-6-,13-11-,14-12-,19-17-,20-18-,25-23-,26-24-,31-29-,32-30-,37-35-,40-39-,41-36-,48-46-,54-52-. The first-order valence-electron chi connectivity index (χ1n) is 36.3. The highest BCUT2D eigenvalue weighted by Gasteiger charge is 2.26. The van der Waals surface area contributed by atoms with Gasteiger partial charge in [-0.3, -0.25) is 18.6 Å². The van der Waals surface area contributed by atoms with E-state index in [-0.39, 0.29) is 38.6 Å². The Morgan fingerprint density at radius 2 is 0.571 bits per heavy atom. The summed E-state index contributed by atoms with van der Waals surface area (Å²) >= 11 is 0. The fourth-order valence-corrected chi connectivity index (χ4v) is 10.3. The lowest BCUT2D eigenvalue weighted by Crippen LogP contribution is -2.29. The summed E-state index contributed by atoms with van der Waals surface area (Å²) in [5, 5.41) is 0. The van der Waals surface area contributed by atoms with Gasteiger partial charge < -0.3 is 20.1 Å². The predicted octanol–water partition coefficient (Wildman–Crippen LogP) is 24.3. The number of hydrogen-bond donors (Lipinski definition) is 2. The van der Waals surface area contributed by atoms with Gasteiger partial charge in [0.05, 0.1) is 13.2 Å². The Morgan fingerprint density at radius 3 is 0.846 bits per heavy atom. The molecular formula is C81H132NO8P. The van der Waals surface area contributed by atoms with Crippen molar-refractivity contribution in [3.63, 3.8) is 0 Å². The van der Waals surface area contributed by atoms with Gasteiger partial charge >= 0.3 is 19.8 Å². The number of carbonyl (C=O) groups is 2. The van der Waals surface area contributed by atoms with Crippen LogP contribution in [0.2, 0.25) is 0 Å². The van der Waals surface area contributed by atoms with Gasteiger partial charge in [-0.25, -0.2) is 4.57 Å². The van der Waals surface area contributed by atoms with Gasteiger partial charge in [0.15, 0.2) is 6.10 Å². The van der Waals surface area contributed by atoms with Crippen molar-refractivity contribution in [2.45, 2.75) is 290 Å². The average Bonchev–Trinajstić information content (AvgIpc) is 3.74. The third kappa shape index (κ3) is 74.0. The molecule has 0 aromatic heterocycles.